The fourth-order valence-electron chi connectivity index (χ4n) is 2.67. The van der Waals surface area contributed by atoms with E-state index >= 15 is 0 Å². The van der Waals surface area contributed by atoms with E-state index in [2.05, 4.69) is 5.32 Å². The van der Waals surface area contributed by atoms with Crippen molar-refractivity contribution >= 4 is 17.6 Å². The molecule has 0 saturated heterocycles. The molecule has 0 bridgehead atoms. The molecule has 0 amide bonds. The minimum Gasteiger partial charge on any atom is -0.468 e. The summed E-state index contributed by atoms with van der Waals surface area (Å²) in [5, 5.41) is 4.03. The molecule has 1 aromatic carbocycles. The van der Waals surface area contributed by atoms with E-state index in [-0.39, 0.29) is 11.9 Å². The maximum atomic E-state index is 11.7. The number of ether oxygens (including phenoxy) is 1. The molecule has 1 aromatic rings. The summed E-state index contributed by atoms with van der Waals surface area (Å²) in [6, 6.07) is 5.87. The first kappa shape index (κ1) is 10.1. The highest BCUT2D eigenvalue weighted by Gasteiger charge is 2.64. The van der Waals surface area contributed by atoms with Crippen LogP contribution in [-0.4, -0.2) is 18.6 Å². The number of hydrogen-bond acceptors (Lipinski definition) is 3. The average molecular weight is 238 g/mol. The Hall–Kier alpha value is -1.06. The fraction of sp³-hybridized carbons (Fsp3) is 0.417. The molecule has 1 saturated carbocycles. The molecule has 1 fully saturated rings. The first-order chi connectivity index (χ1) is 7.69. The molecule has 0 spiro atoms. The van der Waals surface area contributed by atoms with Crippen LogP contribution >= 0.6 is 11.6 Å². The lowest BCUT2D eigenvalue weighted by Crippen LogP contribution is -2.43. The summed E-state index contributed by atoms with van der Waals surface area (Å²) in [5.41, 5.74) is 1.80. The molecule has 3 rings (SSSR count). The summed E-state index contributed by atoms with van der Waals surface area (Å²) in [7, 11) is 1.43. The van der Waals surface area contributed by atoms with Gasteiger partial charge in [-0.05, 0) is 23.6 Å². The number of carbonyl (C=O) groups excluding carboxylic acids is 1. The maximum Gasteiger partial charge on any atom is 0.326 e. The molecular formula is C12H12ClNO2. The summed E-state index contributed by atoms with van der Waals surface area (Å²) in [4.78, 5) is 11.7. The summed E-state index contributed by atoms with van der Waals surface area (Å²) in [6.07, 6.45) is 0.788. The van der Waals surface area contributed by atoms with E-state index in [0.717, 1.165) is 17.0 Å². The molecular weight excluding hydrogens is 226 g/mol. The smallest absolute Gasteiger partial charge is 0.326 e. The van der Waals surface area contributed by atoms with Gasteiger partial charge in [-0.15, -0.1) is 0 Å². The van der Waals surface area contributed by atoms with Crippen molar-refractivity contribution in [3.8, 4) is 0 Å². The van der Waals surface area contributed by atoms with Crippen molar-refractivity contribution in [2.75, 3.05) is 7.11 Å². The van der Waals surface area contributed by atoms with Gasteiger partial charge >= 0.3 is 5.97 Å². The highest BCUT2D eigenvalue weighted by atomic mass is 35.5. The third-order valence-electron chi connectivity index (χ3n) is 3.60. The van der Waals surface area contributed by atoms with Crippen LogP contribution in [0.5, 0.6) is 0 Å². The molecule has 1 aliphatic carbocycles. The van der Waals surface area contributed by atoms with Gasteiger partial charge < -0.3 is 4.74 Å². The first-order valence-corrected chi connectivity index (χ1v) is 5.67. The molecule has 4 heteroatoms. The second-order valence-corrected chi connectivity index (χ2v) is 4.79. The zero-order valence-corrected chi connectivity index (χ0v) is 9.67. The summed E-state index contributed by atoms with van der Waals surface area (Å²) >= 11 is 6.19. The fourth-order valence-corrected chi connectivity index (χ4v) is 2.99. The van der Waals surface area contributed by atoms with Gasteiger partial charge in [-0.3, -0.25) is 10.1 Å². The lowest BCUT2D eigenvalue weighted by Gasteiger charge is -2.24. The van der Waals surface area contributed by atoms with Crippen LogP contribution in [0.25, 0.3) is 0 Å². The Kier molecular flexibility index (Phi) is 2.03. The monoisotopic (exact) mass is 237 g/mol. The number of benzene rings is 1. The van der Waals surface area contributed by atoms with Gasteiger partial charge in [-0.25, -0.2) is 0 Å². The number of halogens is 1. The average Bonchev–Trinajstić information content (AvgIpc) is 3.04. The zero-order valence-electron chi connectivity index (χ0n) is 8.92. The molecule has 0 aromatic heterocycles. The SMILES string of the molecule is COC(=O)C12CC1c1c(Cl)cccc1CN2. The van der Waals surface area contributed by atoms with Gasteiger partial charge in [-0.2, -0.15) is 0 Å². The molecule has 1 heterocycles. The predicted molar refractivity (Wildman–Crippen MR) is 60.4 cm³/mol. The molecule has 0 radical (unpaired) electrons. The summed E-state index contributed by atoms with van der Waals surface area (Å²) < 4.78 is 4.84. The van der Waals surface area contributed by atoms with Crippen LogP contribution in [-0.2, 0) is 16.1 Å². The third-order valence-corrected chi connectivity index (χ3v) is 3.93. The molecule has 2 aliphatic rings. The number of fused-ring (bicyclic) bond motifs is 3. The lowest BCUT2D eigenvalue weighted by atomic mass is 9.96. The second kappa shape index (κ2) is 3.22. The van der Waals surface area contributed by atoms with Gasteiger partial charge in [0.05, 0.1) is 7.11 Å². The standard InChI is InChI=1S/C12H12ClNO2/c1-16-11(15)12-5-8(12)10-7(6-14-12)3-2-4-9(10)13/h2-4,8,14H,5-6H2,1H3. The lowest BCUT2D eigenvalue weighted by molar-refractivity contribution is -0.144. The number of rotatable bonds is 1. The van der Waals surface area contributed by atoms with E-state index in [1.54, 1.807) is 0 Å². The molecule has 1 N–H and O–H groups in total. The highest BCUT2D eigenvalue weighted by Crippen LogP contribution is 2.57. The Morgan fingerprint density at radius 3 is 3.19 bits per heavy atom. The molecule has 2 unspecified atom stereocenters. The van der Waals surface area contributed by atoms with Crippen LogP contribution in [0, 0.1) is 0 Å². The van der Waals surface area contributed by atoms with Crippen LogP contribution in [0.1, 0.15) is 23.5 Å². The minimum atomic E-state index is -0.507. The number of methoxy groups -OCH3 is 1. The molecule has 16 heavy (non-hydrogen) atoms. The first-order valence-electron chi connectivity index (χ1n) is 5.30. The number of carbonyl (C=O) groups is 1. The van der Waals surface area contributed by atoms with Crippen LogP contribution in [0.3, 0.4) is 0 Å². The van der Waals surface area contributed by atoms with Gasteiger partial charge in [-0.1, -0.05) is 23.7 Å². The van der Waals surface area contributed by atoms with Crippen molar-refractivity contribution in [2.24, 2.45) is 0 Å². The van der Waals surface area contributed by atoms with Crippen molar-refractivity contribution < 1.29 is 9.53 Å². The molecule has 2 atom stereocenters. The Bertz CT molecular complexity index is 474. The largest absolute Gasteiger partial charge is 0.468 e. The Morgan fingerprint density at radius 2 is 2.44 bits per heavy atom. The van der Waals surface area contributed by atoms with E-state index < -0.39 is 5.54 Å². The van der Waals surface area contributed by atoms with Crippen LogP contribution < -0.4 is 5.32 Å². The molecule has 1 aliphatic heterocycles. The maximum absolute atomic E-state index is 11.7. The van der Waals surface area contributed by atoms with Gasteiger partial charge in [0, 0.05) is 17.5 Å². The van der Waals surface area contributed by atoms with Gasteiger partial charge in [0.15, 0.2) is 0 Å². The second-order valence-electron chi connectivity index (χ2n) is 4.39. The zero-order chi connectivity index (χ0) is 11.3. The molecule has 3 nitrogen and oxygen atoms in total. The number of hydrogen-bond donors (Lipinski definition) is 1. The van der Waals surface area contributed by atoms with E-state index in [0.29, 0.717) is 6.54 Å². The van der Waals surface area contributed by atoms with E-state index in [1.165, 1.54) is 12.7 Å². The van der Waals surface area contributed by atoms with Crippen molar-refractivity contribution in [3.05, 3.63) is 34.3 Å². The Labute approximate surface area is 98.7 Å². The Morgan fingerprint density at radius 1 is 1.62 bits per heavy atom. The van der Waals surface area contributed by atoms with Gasteiger partial charge in [0.2, 0.25) is 0 Å². The van der Waals surface area contributed by atoms with Gasteiger partial charge in [0.25, 0.3) is 0 Å². The van der Waals surface area contributed by atoms with Crippen molar-refractivity contribution in [1.82, 2.24) is 5.32 Å². The number of esters is 1. The highest BCUT2D eigenvalue weighted by molar-refractivity contribution is 6.31. The van der Waals surface area contributed by atoms with Crippen molar-refractivity contribution in [3.63, 3.8) is 0 Å². The summed E-state index contributed by atoms with van der Waals surface area (Å²) in [6.45, 7) is 0.682. The Balaban J connectivity index is 2.04. The number of nitrogens with one attached hydrogen (secondary N) is 1. The van der Waals surface area contributed by atoms with Crippen LogP contribution in [0.15, 0.2) is 18.2 Å². The predicted octanol–water partition coefficient (Wildman–Crippen LogP) is 1.84. The van der Waals surface area contributed by atoms with Crippen LogP contribution in [0.4, 0.5) is 0 Å². The summed E-state index contributed by atoms with van der Waals surface area (Å²) in [5.74, 6) is 0.000435. The van der Waals surface area contributed by atoms with E-state index in [1.807, 2.05) is 18.2 Å². The van der Waals surface area contributed by atoms with E-state index in [4.69, 9.17) is 16.3 Å². The quantitative estimate of drug-likeness (QED) is 0.758. The van der Waals surface area contributed by atoms with Crippen molar-refractivity contribution in [1.29, 1.82) is 0 Å². The third kappa shape index (κ3) is 1.16. The molecule has 84 valence electrons. The van der Waals surface area contributed by atoms with Crippen LogP contribution in [0.2, 0.25) is 5.02 Å². The topological polar surface area (TPSA) is 38.3 Å². The van der Waals surface area contributed by atoms with E-state index in [9.17, 15) is 4.79 Å². The van der Waals surface area contributed by atoms with Gasteiger partial charge in [0.1, 0.15) is 5.54 Å². The normalized spacial score (nSPS) is 30.2. The van der Waals surface area contributed by atoms with Crippen molar-refractivity contribution in [2.45, 2.75) is 24.4 Å². The minimum absolute atomic E-state index is 0.178.